The molecule has 0 saturated carbocycles. The van der Waals surface area contributed by atoms with Gasteiger partial charge in [-0.15, -0.1) is 0 Å². The molecular formula is C24H28. The second-order valence-corrected chi connectivity index (χ2v) is 5.93. The molecular weight excluding hydrogens is 288 g/mol. The average molecular weight is 316 g/mol. The van der Waals surface area contributed by atoms with Gasteiger partial charge in [0.05, 0.1) is 0 Å². The summed E-state index contributed by atoms with van der Waals surface area (Å²) in [7, 11) is 0. The maximum absolute atomic E-state index is 3.93. The average Bonchev–Trinajstić information content (AvgIpc) is 2.63. The molecule has 0 amide bonds. The van der Waals surface area contributed by atoms with Gasteiger partial charge < -0.3 is 0 Å². The summed E-state index contributed by atoms with van der Waals surface area (Å²) in [5.41, 5.74) is 6.52. The monoisotopic (exact) mass is 316 g/mol. The third-order valence-corrected chi connectivity index (χ3v) is 4.21. The van der Waals surface area contributed by atoms with E-state index in [2.05, 4.69) is 75.0 Å². The highest BCUT2D eigenvalue weighted by atomic mass is 14.1. The minimum Gasteiger partial charge on any atom is -0.0985 e. The molecule has 0 aliphatic carbocycles. The SMILES string of the molecule is C=Cc1ccc(-c2ccc3cc(C)ccc3c2)cc1CCC.CC. The maximum Gasteiger partial charge on any atom is -0.0178 e. The van der Waals surface area contributed by atoms with Crippen molar-refractivity contribution >= 4 is 16.8 Å². The molecule has 0 heterocycles. The van der Waals surface area contributed by atoms with E-state index in [9.17, 15) is 0 Å². The van der Waals surface area contributed by atoms with Crippen molar-refractivity contribution in [1.82, 2.24) is 0 Å². The van der Waals surface area contributed by atoms with Crippen molar-refractivity contribution in [3.63, 3.8) is 0 Å². The first-order valence-electron chi connectivity index (χ1n) is 8.97. The summed E-state index contributed by atoms with van der Waals surface area (Å²) in [5, 5.41) is 2.60. The molecule has 0 saturated heterocycles. The molecule has 0 radical (unpaired) electrons. The first-order chi connectivity index (χ1) is 11.7. The van der Waals surface area contributed by atoms with Crippen LogP contribution in [0.4, 0.5) is 0 Å². The van der Waals surface area contributed by atoms with Gasteiger partial charge in [0.2, 0.25) is 0 Å². The largest absolute Gasteiger partial charge is 0.0985 e. The molecule has 0 atom stereocenters. The fourth-order valence-corrected chi connectivity index (χ4v) is 3.02. The van der Waals surface area contributed by atoms with Gasteiger partial charge >= 0.3 is 0 Å². The van der Waals surface area contributed by atoms with Crippen LogP contribution in [0.5, 0.6) is 0 Å². The Morgan fingerprint density at radius 2 is 1.46 bits per heavy atom. The van der Waals surface area contributed by atoms with Crippen LogP contribution in [0.3, 0.4) is 0 Å². The van der Waals surface area contributed by atoms with Gasteiger partial charge in [-0.1, -0.05) is 93.9 Å². The highest BCUT2D eigenvalue weighted by Crippen LogP contribution is 2.27. The lowest BCUT2D eigenvalue weighted by Crippen LogP contribution is -1.90. The number of fused-ring (bicyclic) bond motifs is 1. The maximum atomic E-state index is 3.93. The van der Waals surface area contributed by atoms with E-state index in [1.165, 1.54) is 38.6 Å². The number of hydrogen-bond acceptors (Lipinski definition) is 0. The molecule has 0 aliphatic heterocycles. The summed E-state index contributed by atoms with van der Waals surface area (Å²) in [6.07, 6.45) is 4.21. The first-order valence-corrected chi connectivity index (χ1v) is 8.97. The molecule has 0 fully saturated rings. The zero-order chi connectivity index (χ0) is 17.5. The standard InChI is InChI=1S/C22H22.C2H6/c1-4-6-18-14-21(10-9-17(18)5-2)22-12-11-19-13-16(3)7-8-20(19)15-22;1-2/h5,7-15H,2,4,6H2,1,3H3;1-2H3. The van der Waals surface area contributed by atoms with E-state index in [1.54, 1.807) is 0 Å². The van der Waals surface area contributed by atoms with Crippen LogP contribution >= 0.6 is 0 Å². The second kappa shape index (κ2) is 8.49. The van der Waals surface area contributed by atoms with Gasteiger partial charge in [-0.05, 0) is 52.4 Å². The normalized spacial score (nSPS) is 10.2. The molecule has 0 aliphatic rings. The highest BCUT2D eigenvalue weighted by molar-refractivity contribution is 5.88. The van der Waals surface area contributed by atoms with Crippen molar-refractivity contribution < 1.29 is 0 Å². The van der Waals surface area contributed by atoms with E-state index < -0.39 is 0 Å². The number of hydrogen-bond donors (Lipinski definition) is 0. The molecule has 24 heavy (non-hydrogen) atoms. The van der Waals surface area contributed by atoms with Crippen LogP contribution in [0, 0.1) is 6.92 Å². The Labute approximate surface area is 146 Å². The number of aryl methyl sites for hydroxylation is 2. The van der Waals surface area contributed by atoms with Crippen LogP contribution < -0.4 is 0 Å². The van der Waals surface area contributed by atoms with E-state index in [0.717, 1.165) is 12.8 Å². The van der Waals surface area contributed by atoms with Crippen LogP contribution in [-0.4, -0.2) is 0 Å². The molecule has 0 spiro atoms. The minimum atomic E-state index is 1.10. The number of benzene rings is 3. The molecule has 0 nitrogen and oxygen atoms in total. The lowest BCUT2D eigenvalue weighted by Gasteiger charge is -2.10. The van der Waals surface area contributed by atoms with Crippen LogP contribution in [0.15, 0.2) is 61.2 Å². The topological polar surface area (TPSA) is 0 Å². The predicted octanol–water partition coefficient (Wildman–Crippen LogP) is 7.44. The van der Waals surface area contributed by atoms with Crippen molar-refractivity contribution in [3.05, 3.63) is 77.9 Å². The zero-order valence-electron chi connectivity index (χ0n) is 15.4. The molecule has 0 aromatic heterocycles. The van der Waals surface area contributed by atoms with E-state index in [4.69, 9.17) is 0 Å². The molecule has 3 aromatic rings. The lowest BCUT2D eigenvalue weighted by molar-refractivity contribution is 0.920. The first kappa shape index (κ1) is 18.0. The lowest BCUT2D eigenvalue weighted by atomic mass is 9.95. The molecule has 124 valence electrons. The highest BCUT2D eigenvalue weighted by Gasteiger charge is 2.04. The van der Waals surface area contributed by atoms with E-state index in [0.29, 0.717) is 0 Å². The van der Waals surface area contributed by atoms with Crippen LogP contribution in [0.2, 0.25) is 0 Å². The van der Waals surface area contributed by atoms with Gasteiger partial charge in [0.25, 0.3) is 0 Å². The van der Waals surface area contributed by atoms with Gasteiger partial charge in [0, 0.05) is 0 Å². The van der Waals surface area contributed by atoms with E-state index in [1.807, 2.05) is 19.9 Å². The smallest absolute Gasteiger partial charge is 0.0178 e. The van der Waals surface area contributed by atoms with Crippen molar-refractivity contribution in [3.8, 4) is 11.1 Å². The van der Waals surface area contributed by atoms with E-state index in [-0.39, 0.29) is 0 Å². The Morgan fingerprint density at radius 3 is 2.17 bits per heavy atom. The molecule has 3 aromatic carbocycles. The fraction of sp³-hybridized carbons (Fsp3) is 0.250. The summed E-state index contributed by atoms with van der Waals surface area (Å²) in [4.78, 5) is 0. The van der Waals surface area contributed by atoms with Crippen molar-refractivity contribution in [2.45, 2.75) is 40.5 Å². The summed E-state index contributed by atoms with van der Waals surface area (Å²) < 4.78 is 0. The predicted molar refractivity (Wildman–Crippen MR) is 110 cm³/mol. The Kier molecular flexibility index (Phi) is 6.37. The van der Waals surface area contributed by atoms with Gasteiger partial charge in [-0.2, -0.15) is 0 Å². The Bertz CT molecular complexity index is 825. The zero-order valence-corrected chi connectivity index (χ0v) is 15.4. The van der Waals surface area contributed by atoms with Gasteiger partial charge in [-0.3, -0.25) is 0 Å². The summed E-state index contributed by atoms with van der Waals surface area (Å²) >= 11 is 0. The third-order valence-electron chi connectivity index (χ3n) is 4.21. The van der Waals surface area contributed by atoms with Crippen molar-refractivity contribution in [1.29, 1.82) is 0 Å². The quantitative estimate of drug-likeness (QED) is 0.469. The number of rotatable bonds is 4. The van der Waals surface area contributed by atoms with Crippen molar-refractivity contribution in [2.75, 3.05) is 0 Å². The van der Waals surface area contributed by atoms with E-state index >= 15 is 0 Å². The Morgan fingerprint density at radius 1 is 0.833 bits per heavy atom. The molecule has 0 N–H and O–H groups in total. The van der Waals surface area contributed by atoms with Crippen molar-refractivity contribution in [2.24, 2.45) is 0 Å². The van der Waals surface area contributed by atoms with Crippen LogP contribution in [-0.2, 0) is 6.42 Å². The summed E-state index contributed by atoms with van der Waals surface area (Å²) in [5.74, 6) is 0. The fourth-order valence-electron chi connectivity index (χ4n) is 3.02. The second-order valence-electron chi connectivity index (χ2n) is 5.93. The Balaban J connectivity index is 0.00000100. The minimum absolute atomic E-state index is 1.10. The molecule has 0 bridgehead atoms. The Hall–Kier alpha value is -2.34. The van der Waals surface area contributed by atoms with Gasteiger partial charge in [0.1, 0.15) is 0 Å². The molecule has 0 heteroatoms. The summed E-state index contributed by atoms with van der Waals surface area (Å²) in [6.45, 7) is 12.3. The summed E-state index contributed by atoms with van der Waals surface area (Å²) in [6, 6.07) is 20.1. The third kappa shape index (κ3) is 3.94. The molecule has 0 unspecified atom stereocenters. The van der Waals surface area contributed by atoms with Gasteiger partial charge in [0.15, 0.2) is 0 Å². The van der Waals surface area contributed by atoms with Gasteiger partial charge in [-0.25, -0.2) is 0 Å². The van der Waals surface area contributed by atoms with Crippen LogP contribution in [0.1, 0.15) is 43.9 Å². The van der Waals surface area contributed by atoms with Crippen LogP contribution in [0.25, 0.3) is 28.0 Å². The molecule has 3 rings (SSSR count).